The van der Waals surface area contributed by atoms with Crippen molar-refractivity contribution in [1.82, 2.24) is 0 Å². The van der Waals surface area contributed by atoms with Crippen molar-refractivity contribution < 1.29 is 34.3 Å². The lowest BCUT2D eigenvalue weighted by molar-refractivity contribution is -0.295. The molecule has 0 saturated carbocycles. The van der Waals surface area contributed by atoms with Crippen molar-refractivity contribution in [3.05, 3.63) is 0 Å². The number of aliphatic hydroxyl groups is 3. The van der Waals surface area contributed by atoms with E-state index in [0.717, 1.165) is 0 Å². The van der Waals surface area contributed by atoms with E-state index in [1.165, 1.54) is 14.0 Å². The molecule has 0 aromatic heterocycles. The van der Waals surface area contributed by atoms with Crippen LogP contribution in [-0.4, -0.2) is 65.7 Å². The van der Waals surface area contributed by atoms with Gasteiger partial charge < -0.3 is 29.5 Å². The molecule has 0 radical (unpaired) electrons. The minimum absolute atomic E-state index is 0.208. The molecular formula is C9H16O7. The van der Waals surface area contributed by atoms with Gasteiger partial charge >= 0.3 is 5.97 Å². The van der Waals surface area contributed by atoms with Gasteiger partial charge in [0.05, 0.1) is 0 Å². The number of carbonyl (C=O) groups is 1. The topological polar surface area (TPSA) is 105 Å². The molecule has 3 N–H and O–H groups in total. The van der Waals surface area contributed by atoms with Crippen LogP contribution in [0.3, 0.4) is 0 Å². The molecule has 16 heavy (non-hydrogen) atoms. The average molecular weight is 236 g/mol. The van der Waals surface area contributed by atoms with E-state index in [2.05, 4.69) is 4.74 Å². The van der Waals surface area contributed by atoms with Crippen LogP contribution in [0.4, 0.5) is 0 Å². The maximum atomic E-state index is 10.6. The number of carbonyl (C=O) groups excluding carboxylic acids is 1. The van der Waals surface area contributed by atoms with E-state index in [4.69, 9.17) is 9.47 Å². The summed E-state index contributed by atoms with van der Waals surface area (Å²) in [7, 11) is 1.29. The second-order valence-corrected chi connectivity index (χ2v) is 3.55. The van der Waals surface area contributed by atoms with Crippen LogP contribution in [0.25, 0.3) is 0 Å². The molecule has 94 valence electrons. The summed E-state index contributed by atoms with van der Waals surface area (Å²) < 4.78 is 14.6. The highest BCUT2D eigenvalue weighted by Gasteiger charge is 2.44. The first kappa shape index (κ1) is 13.3. The SMILES string of the molecule is COC1O[C@H](COC(C)=O)C(O)[C@H](O)C1O. The third-order valence-electron chi connectivity index (χ3n) is 2.35. The van der Waals surface area contributed by atoms with Crippen molar-refractivity contribution >= 4 is 5.97 Å². The van der Waals surface area contributed by atoms with E-state index in [0.29, 0.717) is 0 Å². The Morgan fingerprint density at radius 3 is 2.38 bits per heavy atom. The maximum absolute atomic E-state index is 10.6. The van der Waals surface area contributed by atoms with Crippen LogP contribution in [-0.2, 0) is 19.0 Å². The summed E-state index contributed by atoms with van der Waals surface area (Å²) in [6, 6.07) is 0. The average Bonchev–Trinajstić information content (AvgIpc) is 2.25. The summed E-state index contributed by atoms with van der Waals surface area (Å²) >= 11 is 0. The molecule has 7 nitrogen and oxygen atoms in total. The summed E-state index contributed by atoms with van der Waals surface area (Å²) in [6.45, 7) is 1.01. The molecule has 1 aliphatic heterocycles. The first-order valence-corrected chi connectivity index (χ1v) is 4.83. The van der Waals surface area contributed by atoms with E-state index in [1.807, 2.05) is 0 Å². The van der Waals surface area contributed by atoms with E-state index in [9.17, 15) is 20.1 Å². The van der Waals surface area contributed by atoms with Crippen molar-refractivity contribution in [2.24, 2.45) is 0 Å². The van der Waals surface area contributed by atoms with E-state index < -0.39 is 36.7 Å². The normalized spacial score (nSPS) is 39.4. The Kier molecular flexibility index (Phi) is 4.63. The van der Waals surface area contributed by atoms with Crippen LogP contribution in [0, 0.1) is 0 Å². The van der Waals surface area contributed by atoms with Crippen LogP contribution >= 0.6 is 0 Å². The molecule has 5 atom stereocenters. The fourth-order valence-corrected chi connectivity index (χ4v) is 1.45. The first-order valence-electron chi connectivity index (χ1n) is 4.83. The van der Waals surface area contributed by atoms with Crippen LogP contribution in [0.1, 0.15) is 6.92 Å². The predicted octanol–water partition coefficient (Wildman–Crippen LogP) is -2.00. The summed E-state index contributed by atoms with van der Waals surface area (Å²) in [5.74, 6) is -0.523. The summed E-state index contributed by atoms with van der Waals surface area (Å²) in [6.07, 6.45) is -6.06. The smallest absolute Gasteiger partial charge is 0.302 e. The van der Waals surface area contributed by atoms with Gasteiger partial charge in [0.25, 0.3) is 0 Å². The van der Waals surface area contributed by atoms with Gasteiger partial charge in [0.2, 0.25) is 0 Å². The molecule has 1 fully saturated rings. The molecule has 0 spiro atoms. The highest BCUT2D eigenvalue weighted by Crippen LogP contribution is 2.21. The highest BCUT2D eigenvalue weighted by molar-refractivity contribution is 5.65. The molecule has 0 aliphatic carbocycles. The van der Waals surface area contributed by atoms with Crippen molar-refractivity contribution in [3.63, 3.8) is 0 Å². The Hall–Kier alpha value is -0.730. The van der Waals surface area contributed by atoms with Gasteiger partial charge in [-0.2, -0.15) is 0 Å². The molecule has 1 aliphatic rings. The van der Waals surface area contributed by atoms with Crippen molar-refractivity contribution in [2.75, 3.05) is 13.7 Å². The van der Waals surface area contributed by atoms with Gasteiger partial charge in [0.15, 0.2) is 6.29 Å². The molecule has 1 rings (SSSR count). The molecule has 0 amide bonds. The van der Waals surface area contributed by atoms with Crippen molar-refractivity contribution in [3.8, 4) is 0 Å². The summed E-state index contributed by atoms with van der Waals surface area (Å²) in [4.78, 5) is 10.6. The molecule has 1 heterocycles. The number of ether oxygens (including phenoxy) is 3. The number of aliphatic hydroxyl groups excluding tert-OH is 3. The Bertz CT molecular complexity index is 242. The van der Waals surface area contributed by atoms with Crippen LogP contribution in [0.2, 0.25) is 0 Å². The predicted molar refractivity (Wildman–Crippen MR) is 50.3 cm³/mol. The lowest BCUT2D eigenvalue weighted by atomic mass is 9.99. The summed E-state index contributed by atoms with van der Waals surface area (Å²) in [5, 5.41) is 28.5. The van der Waals surface area contributed by atoms with Crippen LogP contribution < -0.4 is 0 Å². The van der Waals surface area contributed by atoms with Gasteiger partial charge in [-0.1, -0.05) is 0 Å². The maximum Gasteiger partial charge on any atom is 0.302 e. The standard InChI is InChI=1S/C9H16O7/c1-4(10)15-3-5-6(11)7(12)8(13)9(14-2)16-5/h5-9,11-13H,3H2,1-2H3/t5-,6?,7+,8?,9?/m1/s1. The molecule has 0 aromatic rings. The summed E-state index contributed by atoms with van der Waals surface area (Å²) in [5.41, 5.74) is 0. The lowest BCUT2D eigenvalue weighted by Gasteiger charge is -2.39. The van der Waals surface area contributed by atoms with E-state index in [1.54, 1.807) is 0 Å². The zero-order chi connectivity index (χ0) is 12.3. The molecule has 1 saturated heterocycles. The highest BCUT2D eigenvalue weighted by atomic mass is 16.7. The van der Waals surface area contributed by atoms with Crippen LogP contribution in [0.15, 0.2) is 0 Å². The fourth-order valence-electron chi connectivity index (χ4n) is 1.45. The second kappa shape index (κ2) is 5.55. The van der Waals surface area contributed by atoms with Gasteiger partial charge in [-0.25, -0.2) is 0 Å². The van der Waals surface area contributed by atoms with E-state index >= 15 is 0 Å². The Morgan fingerprint density at radius 2 is 1.88 bits per heavy atom. The van der Waals surface area contributed by atoms with Gasteiger partial charge in [-0.15, -0.1) is 0 Å². The number of methoxy groups -OCH3 is 1. The zero-order valence-electron chi connectivity index (χ0n) is 9.07. The van der Waals surface area contributed by atoms with Crippen molar-refractivity contribution in [1.29, 1.82) is 0 Å². The number of hydrogen-bond donors (Lipinski definition) is 3. The minimum atomic E-state index is -1.40. The lowest BCUT2D eigenvalue weighted by Crippen LogP contribution is -2.59. The third-order valence-corrected chi connectivity index (χ3v) is 2.35. The van der Waals surface area contributed by atoms with Gasteiger partial charge in [-0.05, 0) is 0 Å². The number of esters is 1. The van der Waals surface area contributed by atoms with Gasteiger partial charge in [0, 0.05) is 14.0 Å². The quantitative estimate of drug-likeness (QED) is 0.487. The monoisotopic (exact) mass is 236 g/mol. The second-order valence-electron chi connectivity index (χ2n) is 3.55. The third kappa shape index (κ3) is 2.89. The Morgan fingerprint density at radius 1 is 1.25 bits per heavy atom. The number of hydrogen-bond acceptors (Lipinski definition) is 7. The Balaban J connectivity index is 2.60. The van der Waals surface area contributed by atoms with Crippen molar-refractivity contribution in [2.45, 2.75) is 37.6 Å². The van der Waals surface area contributed by atoms with E-state index in [-0.39, 0.29) is 6.61 Å². The molecular weight excluding hydrogens is 220 g/mol. The molecule has 0 aromatic carbocycles. The van der Waals surface area contributed by atoms with Crippen LogP contribution in [0.5, 0.6) is 0 Å². The molecule has 3 unspecified atom stereocenters. The minimum Gasteiger partial charge on any atom is -0.463 e. The number of rotatable bonds is 3. The first-order chi connectivity index (χ1) is 7.47. The Labute approximate surface area is 92.5 Å². The molecule has 7 heteroatoms. The van der Waals surface area contributed by atoms with Gasteiger partial charge in [-0.3, -0.25) is 4.79 Å². The van der Waals surface area contributed by atoms with Gasteiger partial charge in [0.1, 0.15) is 31.0 Å². The fraction of sp³-hybridized carbons (Fsp3) is 0.889. The zero-order valence-corrected chi connectivity index (χ0v) is 9.07. The largest absolute Gasteiger partial charge is 0.463 e. The molecule has 0 bridgehead atoms.